The molecule has 2 aromatic rings. The zero-order valence-electron chi connectivity index (χ0n) is 14.0. The quantitative estimate of drug-likeness (QED) is 0.335. The first-order chi connectivity index (χ1) is 12.5. The molecule has 0 spiro atoms. The Morgan fingerprint density at radius 3 is 2.50 bits per heavy atom. The number of esters is 1. The number of carbonyl (C=O) groups excluding carboxylic acids is 1. The van der Waals surface area contributed by atoms with Crippen molar-refractivity contribution in [1.29, 1.82) is 0 Å². The normalized spacial score (nSPS) is 16.5. The van der Waals surface area contributed by atoms with Crippen LogP contribution in [0.2, 0.25) is 0 Å². The van der Waals surface area contributed by atoms with Gasteiger partial charge in [-0.3, -0.25) is 10.1 Å². The maximum Gasteiger partial charge on any atom is 0.329 e. The Balaban J connectivity index is 1.60. The fraction of sp³-hybridized carbons (Fsp3) is 0.263. The van der Waals surface area contributed by atoms with E-state index in [1.54, 1.807) is 12.1 Å². The largest absolute Gasteiger partial charge is 0.459 e. The summed E-state index contributed by atoms with van der Waals surface area (Å²) in [5.74, 6) is -0.320. The van der Waals surface area contributed by atoms with Crippen LogP contribution in [0.5, 0.6) is 0 Å². The van der Waals surface area contributed by atoms with E-state index < -0.39 is 4.92 Å². The van der Waals surface area contributed by atoms with E-state index in [2.05, 4.69) is 0 Å². The second-order valence-corrected chi connectivity index (χ2v) is 6.56. The van der Waals surface area contributed by atoms with Crippen LogP contribution in [-0.4, -0.2) is 26.8 Å². The van der Waals surface area contributed by atoms with Crippen LogP contribution in [0.15, 0.2) is 54.6 Å². The average molecular weight is 370 g/mol. The highest BCUT2D eigenvalue weighted by Crippen LogP contribution is 2.24. The monoisotopic (exact) mass is 370 g/mol. The summed E-state index contributed by atoms with van der Waals surface area (Å²) in [6.07, 6.45) is 1.34. The molecule has 1 heterocycles. The second-order valence-electron chi connectivity index (χ2n) is 6.09. The van der Waals surface area contributed by atoms with Crippen molar-refractivity contribution in [1.82, 2.24) is 4.90 Å². The van der Waals surface area contributed by atoms with Crippen molar-refractivity contribution in [2.45, 2.75) is 32.0 Å². The number of hydrogen-bond acceptors (Lipinski definition) is 5. The van der Waals surface area contributed by atoms with Gasteiger partial charge >= 0.3 is 5.97 Å². The van der Waals surface area contributed by atoms with Gasteiger partial charge in [0.1, 0.15) is 12.6 Å². The molecule has 6 nitrogen and oxygen atoms in total. The van der Waals surface area contributed by atoms with Gasteiger partial charge in [-0.1, -0.05) is 42.5 Å². The van der Waals surface area contributed by atoms with Gasteiger partial charge in [-0.25, -0.2) is 4.79 Å². The molecular weight excluding hydrogens is 352 g/mol. The molecule has 0 bridgehead atoms. The molecule has 1 atom stereocenters. The number of rotatable bonds is 6. The Morgan fingerprint density at radius 2 is 1.85 bits per heavy atom. The van der Waals surface area contributed by atoms with E-state index in [1.807, 2.05) is 35.2 Å². The molecule has 0 unspecified atom stereocenters. The molecule has 7 heteroatoms. The molecule has 3 rings (SSSR count). The molecular formula is C19H18N2O4S. The first kappa shape index (κ1) is 18.0. The van der Waals surface area contributed by atoms with E-state index in [0.29, 0.717) is 24.9 Å². The van der Waals surface area contributed by atoms with Crippen LogP contribution < -0.4 is 0 Å². The van der Waals surface area contributed by atoms with Gasteiger partial charge in [0, 0.05) is 25.1 Å². The van der Waals surface area contributed by atoms with Crippen LogP contribution in [0.3, 0.4) is 0 Å². The summed E-state index contributed by atoms with van der Waals surface area (Å²) in [5, 5.41) is 10.7. The first-order valence-corrected chi connectivity index (χ1v) is 8.69. The van der Waals surface area contributed by atoms with Gasteiger partial charge in [-0.05, 0) is 29.7 Å². The number of nitro benzene ring substituents is 1. The summed E-state index contributed by atoms with van der Waals surface area (Å²) in [6.45, 7) is 0.663. The third-order valence-corrected chi connectivity index (χ3v) is 4.76. The number of nitrogens with zero attached hydrogens (tertiary/aromatic N) is 2. The maximum absolute atomic E-state index is 12.5. The summed E-state index contributed by atoms with van der Waals surface area (Å²) in [5.41, 5.74) is 1.80. The standard InChI is InChI=1S/C19H18N2O4S/c22-19(25-13-15-6-8-16(9-7-15)21(23)24)17-10-11-18(26)20(17)12-14-4-2-1-3-5-14/h1-9,17H,10-13H2/t17-/m0/s1. The zero-order valence-corrected chi connectivity index (χ0v) is 14.9. The maximum atomic E-state index is 12.5. The summed E-state index contributed by atoms with van der Waals surface area (Å²) < 4.78 is 5.42. The Bertz CT molecular complexity index is 808. The Labute approximate surface area is 156 Å². The van der Waals surface area contributed by atoms with Gasteiger partial charge in [0.15, 0.2) is 0 Å². The molecule has 2 aromatic carbocycles. The molecule has 1 aliphatic rings. The Morgan fingerprint density at radius 1 is 1.15 bits per heavy atom. The third kappa shape index (κ3) is 4.23. The number of thiocarbonyl (C=S) groups is 1. The van der Waals surface area contributed by atoms with Gasteiger partial charge in [-0.15, -0.1) is 0 Å². The van der Waals surface area contributed by atoms with E-state index >= 15 is 0 Å². The molecule has 0 aliphatic carbocycles. The number of ether oxygens (including phenoxy) is 1. The number of nitro groups is 1. The van der Waals surface area contributed by atoms with Crippen LogP contribution >= 0.6 is 12.2 Å². The lowest BCUT2D eigenvalue weighted by Gasteiger charge is -2.25. The number of non-ortho nitro benzene ring substituents is 1. The summed E-state index contributed by atoms with van der Waals surface area (Å²) in [6, 6.07) is 15.4. The van der Waals surface area contributed by atoms with Gasteiger partial charge in [0.05, 0.1) is 9.91 Å². The Hall–Kier alpha value is -2.80. The van der Waals surface area contributed by atoms with Crippen molar-refractivity contribution in [3.8, 4) is 0 Å². The fourth-order valence-electron chi connectivity index (χ4n) is 2.92. The Kier molecular flexibility index (Phi) is 5.58. The predicted molar refractivity (Wildman–Crippen MR) is 100 cm³/mol. The zero-order chi connectivity index (χ0) is 18.5. The smallest absolute Gasteiger partial charge is 0.329 e. The summed E-state index contributed by atoms with van der Waals surface area (Å²) in [4.78, 5) is 25.4. The van der Waals surface area contributed by atoms with E-state index in [0.717, 1.165) is 10.6 Å². The van der Waals surface area contributed by atoms with Gasteiger partial charge in [-0.2, -0.15) is 0 Å². The molecule has 26 heavy (non-hydrogen) atoms. The van der Waals surface area contributed by atoms with E-state index in [-0.39, 0.29) is 24.3 Å². The lowest BCUT2D eigenvalue weighted by atomic mass is 10.2. The van der Waals surface area contributed by atoms with Gasteiger partial charge in [0.25, 0.3) is 5.69 Å². The summed E-state index contributed by atoms with van der Waals surface area (Å²) >= 11 is 5.41. The topological polar surface area (TPSA) is 72.7 Å². The highest BCUT2D eigenvalue weighted by molar-refractivity contribution is 7.80. The highest BCUT2D eigenvalue weighted by Gasteiger charge is 2.34. The van der Waals surface area contributed by atoms with Crippen molar-refractivity contribution in [3.05, 3.63) is 75.8 Å². The SMILES string of the molecule is O=C(OCc1ccc([N+](=O)[O-])cc1)[C@@H]1CCC(=S)N1Cc1ccccc1. The number of likely N-dealkylation sites (tertiary alicyclic amines) is 1. The lowest BCUT2D eigenvalue weighted by molar-refractivity contribution is -0.384. The van der Waals surface area contributed by atoms with Crippen LogP contribution in [0.25, 0.3) is 0 Å². The van der Waals surface area contributed by atoms with Crippen molar-refractivity contribution in [2.24, 2.45) is 0 Å². The average Bonchev–Trinajstić information content (AvgIpc) is 3.01. The highest BCUT2D eigenvalue weighted by atomic mass is 32.1. The molecule has 134 valence electrons. The minimum atomic E-state index is -0.462. The van der Waals surface area contributed by atoms with E-state index in [4.69, 9.17) is 17.0 Å². The summed E-state index contributed by atoms with van der Waals surface area (Å²) in [7, 11) is 0. The molecule has 0 amide bonds. The van der Waals surface area contributed by atoms with Crippen LogP contribution in [0.1, 0.15) is 24.0 Å². The predicted octanol–water partition coefficient (Wildman–Crippen LogP) is 3.63. The third-order valence-electron chi connectivity index (χ3n) is 4.32. The number of carbonyl (C=O) groups is 1. The molecule has 1 saturated heterocycles. The molecule has 0 saturated carbocycles. The lowest BCUT2D eigenvalue weighted by Crippen LogP contribution is -2.38. The molecule has 1 fully saturated rings. The molecule has 0 N–H and O–H groups in total. The van der Waals surface area contributed by atoms with Crippen LogP contribution in [0.4, 0.5) is 5.69 Å². The minimum absolute atomic E-state index is 0.00949. The molecule has 0 radical (unpaired) electrons. The first-order valence-electron chi connectivity index (χ1n) is 8.28. The van der Waals surface area contributed by atoms with E-state index in [9.17, 15) is 14.9 Å². The fourth-order valence-corrected chi connectivity index (χ4v) is 3.23. The van der Waals surface area contributed by atoms with Crippen molar-refractivity contribution >= 4 is 28.9 Å². The second kappa shape index (κ2) is 8.05. The van der Waals surface area contributed by atoms with Crippen molar-refractivity contribution < 1.29 is 14.5 Å². The molecule has 0 aromatic heterocycles. The number of hydrogen-bond donors (Lipinski definition) is 0. The van der Waals surface area contributed by atoms with Crippen molar-refractivity contribution in [3.63, 3.8) is 0 Å². The number of benzene rings is 2. The molecule has 1 aliphatic heterocycles. The van der Waals surface area contributed by atoms with Crippen LogP contribution in [0, 0.1) is 10.1 Å². The van der Waals surface area contributed by atoms with Crippen molar-refractivity contribution in [2.75, 3.05) is 0 Å². The minimum Gasteiger partial charge on any atom is -0.459 e. The van der Waals surface area contributed by atoms with Gasteiger partial charge < -0.3 is 9.64 Å². The van der Waals surface area contributed by atoms with E-state index in [1.165, 1.54) is 12.1 Å². The van der Waals surface area contributed by atoms with Crippen LogP contribution in [-0.2, 0) is 22.7 Å². The van der Waals surface area contributed by atoms with Gasteiger partial charge in [0.2, 0.25) is 0 Å².